The Morgan fingerprint density at radius 2 is 1.82 bits per heavy atom. The number of amides is 1. The van der Waals surface area contributed by atoms with E-state index in [1.54, 1.807) is 42.5 Å². The Labute approximate surface area is 210 Å². The van der Waals surface area contributed by atoms with Crippen LogP contribution < -0.4 is 14.8 Å². The van der Waals surface area contributed by atoms with E-state index in [1.165, 1.54) is 23.9 Å². The van der Waals surface area contributed by atoms with Crippen LogP contribution in [0.5, 0.6) is 11.5 Å². The highest BCUT2D eigenvalue weighted by atomic mass is 35.5. The van der Waals surface area contributed by atoms with Crippen LogP contribution in [-0.2, 0) is 11.4 Å². The molecule has 1 saturated heterocycles. The molecule has 1 aliphatic heterocycles. The number of halogens is 3. The van der Waals surface area contributed by atoms with Crippen molar-refractivity contribution in [3.63, 3.8) is 0 Å². The fraction of sp³-hybridized carbons (Fsp3) is 0.120. The zero-order valence-corrected chi connectivity index (χ0v) is 20.3. The summed E-state index contributed by atoms with van der Waals surface area (Å²) in [5.74, 6) is 0.491. The van der Waals surface area contributed by atoms with Crippen molar-refractivity contribution in [2.24, 2.45) is 4.99 Å². The summed E-state index contributed by atoms with van der Waals surface area (Å²) in [5.41, 5.74) is 2.11. The molecule has 1 aliphatic rings. The second-order valence-corrected chi connectivity index (χ2v) is 9.00. The number of rotatable bonds is 7. The molecule has 3 aromatic rings. The second kappa shape index (κ2) is 11.0. The lowest BCUT2D eigenvalue weighted by atomic mass is 10.2. The normalized spacial score (nSPS) is 15.6. The van der Waals surface area contributed by atoms with Crippen molar-refractivity contribution in [3.05, 3.63) is 92.6 Å². The van der Waals surface area contributed by atoms with Gasteiger partial charge in [-0.05, 0) is 78.9 Å². The summed E-state index contributed by atoms with van der Waals surface area (Å²) in [4.78, 5) is 17.2. The minimum Gasteiger partial charge on any atom is -0.490 e. The van der Waals surface area contributed by atoms with E-state index in [9.17, 15) is 9.18 Å². The maximum absolute atomic E-state index is 13.1. The lowest BCUT2D eigenvalue weighted by Gasteiger charge is -2.13. The molecule has 5 nitrogen and oxygen atoms in total. The van der Waals surface area contributed by atoms with Crippen molar-refractivity contribution in [1.29, 1.82) is 0 Å². The lowest BCUT2D eigenvalue weighted by Crippen LogP contribution is -2.19. The maximum atomic E-state index is 13.1. The van der Waals surface area contributed by atoms with Crippen LogP contribution in [0.25, 0.3) is 6.08 Å². The molecule has 0 unspecified atom stereocenters. The van der Waals surface area contributed by atoms with Crippen LogP contribution in [0.15, 0.2) is 70.6 Å². The molecule has 0 saturated carbocycles. The average molecular weight is 517 g/mol. The Bertz CT molecular complexity index is 1280. The molecule has 3 aromatic carbocycles. The zero-order valence-electron chi connectivity index (χ0n) is 18.0. The van der Waals surface area contributed by atoms with E-state index in [4.69, 9.17) is 32.7 Å². The molecule has 1 amide bonds. The summed E-state index contributed by atoms with van der Waals surface area (Å²) < 4.78 is 24.8. The molecular formula is C25H19Cl2FN2O3S. The van der Waals surface area contributed by atoms with Crippen LogP contribution >= 0.6 is 35.0 Å². The molecule has 0 spiro atoms. The number of thioether (sulfide) groups is 1. The number of nitrogens with zero attached hydrogens (tertiary/aromatic N) is 1. The van der Waals surface area contributed by atoms with Gasteiger partial charge in [0, 0.05) is 15.6 Å². The highest BCUT2D eigenvalue weighted by Crippen LogP contribution is 2.33. The molecule has 0 atom stereocenters. The van der Waals surface area contributed by atoms with Crippen molar-refractivity contribution in [3.8, 4) is 11.5 Å². The highest BCUT2D eigenvalue weighted by molar-refractivity contribution is 8.18. The van der Waals surface area contributed by atoms with Gasteiger partial charge in [-0.25, -0.2) is 9.38 Å². The van der Waals surface area contributed by atoms with Gasteiger partial charge in [0.1, 0.15) is 12.4 Å². The first-order valence-corrected chi connectivity index (χ1v) is 11.9. The summed E-state index contributed by atoms with van der Waals surface area (Å²) in [7, 11) is 0. The third-order valence-corrected chi connectivity index (χ3v) is 6.17. The number of amidine groups is 1. The number of hydrogen-bond donors (Lipinski definition) is 1. The monoisotopic (exact) mass is 516 g/mol. The molecule has 9 heteroatoms. The van der Waals surface area contributed by atoms with Gasteiger partial charge in [-0.1, -0.05) is 35.3 Å². The molecule has 34 heavy (non-hydrogen) atoms. The van der Waals surface area contributed by atoms with Crippen molar-refractivity contribution >= 4 is 57.8 Å². The van der Waals surface area contributed by atoms with E-state index in [1.807, 2.05) is 19.1 Å². The third kappa shape index (κ3) is 6.11. The van der Waals surface area contributed by atoms with Crippen molar-refractivity contribution in [1.82, 2.24) is 5.32 Å². The number of ether oxygens (including phenoxy) is 2. The van der Waals surface area contributed by atoms with Crippen LogP contribution in [-0.4, -0.2) is 17.7 Å². The molecule has 0 aliphatic carbocycles. The molecule has 174 valence electrons. The largest absolute Gasteiger partial charge is 0.490 e. The second-order valence-electron chi connectivity index (χ2n) is 7.12. The summed E-state index contributed by atoms with van der Waals surface area (Å²) >= 11 is 13.4. The van der Waals surface area contributed by atoms with Gasteiger partial charge < -0.3 is 14.8 Å². The fourth-order valence-electron chi connectivity index (χ4n) is 3.06. The van der Waals surface area contributed by atoms with Crippen LogP contribution in [0.3, 0.4) is 0 Å². The third-order valence-electron chi connectivity index (χ3n) is 4.67. The van der Waals surface area contributed by atoms with Crippen LogP contribution in [0.2, 0.25) is 10.0 Å². The Balaban J connectivity index is 1.51. The summed E-state index contributed by atoms with van der Waals surface area (Å²) in [6.07, 6.45) is 1.75. The predicted molar refractivity (Wildman–Crippen MR) is 136 cm³/mol. The van der Waals surface area contributed by atoms with Gasteiger partial charge in [0.2, 0.25) is 0 Å². The van der Waals surface area contributed by atoms with E-state index >= 15 is 0 Å². The minimum absolute atomic E-state index is 0.248. The zero-order chi connectivity index (χ0) is 24.1. The predicted octanol–water partition coefficient (Wildman–Crippen LogP) is 7.00. The molecule has 1 fully saturated rings. The minimum atomic E-state index is -0.346. The quantitative estimate of drug-likeness (QED) is 0.343. The van der Waals surface area contributed by atoms with E-state index in [0.717, 1.165) is 11.1 Å². The Morgan fingerprint density at radius 1 is 1.03 bits per heavy atom. The van der Waals surface area contributed by atoms with Crippen LogP contribution in [0, 0.1) is 5.82 Å². The maximum Gasteiger partial charge on any atom is 0.264 e. The van der Waals surface area contributed by atoms with Crippen molar-refractivity contribution in [2.45, 2.75) is 13.5 Å². The van der Waals surface area contributed by atoms with Gasteiger partial charge in [0.15, 0.2) is 16.7 Å². The highest BCUT2D eigenvalue weighted by Gasteiger charge is 2.24. The summed E-state index contributed by atoms with van der Waals surface area (Å²) in [6.45, 7) is 2.57. The van der Waals surface area contributed by atoms with E-state index in [0.29, 0.717) is 43.9 Å². The summed E-state index contributed by atoms with van der Waals surface area (Å²) in [6, 6.07) is 16.4. The van der Waals surface area contributed by atoms with Gasteiger partial charge in [-0.3, -0.25) is 4.79 Å². The van der Waals surface area contributed by atoms with Gasteiger partial charge in [-0.2, -0.15) is 0 Å². The van der Waals surface area contributed by atoms with Gasteiger partial charge in [0.05, 0.1) is 17.2 Å². The number of hydrogen-bond acceptors (Lipinski definition) is 5. The van der Waals surface area contributed by atoms with Crippen molar-refractivity contribution < 1.29 is 18.7 Å². The van der Waals surface area contributed by atoms with Gasteiger partial charge >= 0.3 is 0 Å². The Kier molecular flexibility index (Phi) is 7.77. The summed E-state index contributed by atoms with van der Waals surface area (Å²) in [5, 5.41) is 4.22. The molecule has 0 aromatic heterocycles. The Hall–Kier alpha value is -3.00. The van der Waals surface area contributed by atoms with E-state index < -0.39 is 0 Å². The lowest BCUT2D eigenvalue weighted by molar-refractivity contribution is -0.115. The number of carbonyl (C=O) groups excluding carboxylic acids is 1. The standard InChI is InChI=1S/C25H19Cl2FN2O3S/c1-2-32-22-11-15(3-10-21(22)33-14-16-4-5-17(26)13-20(16)27)12-23-24(31)30-25(34-23)29-19-8-6-18(28)7-9-19/h3-13H,2,14H2,1H3,(H,29,30,31)/b23-12+. The van der Waals surface area contributed by atoms with Crippen molar-refractivity contribution in [2.75, 3.05) is 6.61 Å². The van der Waals surface area contributed by atoms with E-state index in [-0.39, 0.29) is 18.3 Å². The molecule has 1 N–H and O–H groups in total. The number of carbonyl (C=O) groups is 1. The Morgan fingerprint density at radius 3 is 2.56 bits per heavy atom. The number of aliphatic imine (C=N–C) groups is 1. The molecule has 1 heterocycles. The SMILES string of the molecule is CCOc1cc(/C=C2/SC(=Nc3ccc(F)cc3)NC2=O)ccc1OCc1ccc(Cl)cc1Cl. The first-order valence-electron chi connectivity index (χ1n) is 10.3. The fourth-order valence-corrected chi connectivity index (χ4v) is 4.37. The number of nitrogens with one attached hydrogen (secondary N) is 1. The first-order chi connectivity index (χ1) is 16.4. The molecule has 0 radical (unpaired) electrons. The molecular weight excluding hydrogens is 498 g/mol. The number of benzene rings is 3. The van der Waals surface area contributed by atoms with Gasteiger partial charge in [-0.15, -0.1) is 0 Å². The molecule has 4 rings (SSSR count). The van der Waals surface area contributed by atoms with Crippen LogP contribution in [0.4, 0.5) is 10.1 Å². The van der Waals surface area contributed by atoms with E-state index in [2.05, 4.69) is 10.3 Å². The van der Waals surface area contributed by atoms with Crippen LogP contribution in [0.1, 0.15) is 18.1 Å². The average Bonchev–Trinajstić information content (AvgIpc) is 3.14. The first kappa shape index (κ1) is 24.1. The topological polar surface area (TPSA) is 59.9 Å². The molecule has 0 bridgehead atoms. The van der Waals surface area contributed by atoms with Gasteiger partial charge in [0.25, 0.3) is 5.91 Å². The smallest absolute Gasteiger partial charge is 0.264 e.